The Morgan fingerprint density at radius 2 is 2.12 bits per heavy atom. The average molecular weight is 418 g/mol. The third-order valence-electron chi connectivity index (χ3n) is 4.12. The molecule has 9 heteroatoms. The molecule has 1 saturated heterocycles. The number of nitrogens with zero attached hydrogens (tertiary/aromatic N) is 1. The molecule has 0 bridgehead atoms. The van der Waals surface area contributed by atoms with E-state index < -0.39 is 21.5 Å². The van der Waals surface area contributed by atoms with E-state index in [4.69, 9.17) is 0 Å². The predicted molar refractivity (Wildman–Crippen MR) is 99.0 cm³/mol. The normalized spacial score (nSPS) is 18.8. The summed E-state index contributed by atoms with van der Waals surface area (Å²) in [4.78, 5) is 15.5. The summed E-state index contributed by atoms with van der Waals surface area (Å²) in [6, 6.07) is 6.61. The molecular weight excluding hydrogens is 400 g/mol. The predicted octanol–water partition coefficient (Wildman–Crippen LogP) is 3.33. The summed E-state index contributed by atoms with van der Waals surface area (Å²) in [6.07, 6.45) is 0.412. The second-order valence-corrected chi connectivity index (χ2v) is 10.3. The van der Waals surface area contributed by atoms with Crippen molar-refractivity contribution in [3.63, 3.8) is 0 Å². The lowest BCUT2D eigenvalue weighted by Crippen LogP contribution is -2.41. The summed E-state index contributed by atoms with van der Waals surface area (Å²) < 4.78 is 50.3. The molecule has 0 N–H and O–H groups in total. The van der Waals surface area contributed by atoms with Crippen LogP contribution < -0.4 is 0 Å². The van der Waals surface area contributed by atoms with Crippen LogP contribution in [0.3, 0.4) is 0 Å². The summed E-state index contributed by atoms with van der Waals surface area (Å²) in [6.45, 7) is 0.336. The maximum atomic E-state index is 13.7. The van der Waals surface area contributed by atoms with Crippen LogP contribution in [0.5, 0.6) is 0 Å². The molecule has 3 rings (SSSR count). The summed E-state index contributed by atoms with van der Waals surface area (Å²) >= 11 is 2.48. The second kappa shape index (κ2) is 8.06. The lowest BCUT2D eigenvalue weighted by molar-refractivity contribution is -0.130. The van der Waals surface area contributed by atoms with Crippen LogP contribution in [0, 0.1) is 11.6 Å². The topological polar surface area (TPSA) is 54.5 Å². The van der Waals surface area contributed by atoms with Crippen molar-refractivity contribution in [1.82, 2.24) is 4.90 Å². The van der Waals surface area contributed by atoms with Gasteiger partial charge in [0.1, 0.15) is 11.6 Å². The molecule has 1 amide bonds. The molecule has 26 heavy (non-hydrogen) atoms. The molecule has 0 aliphatic carbocycles. The summed E-state index contributed by atoms with van der Waals surface area (Å²) in [5.41, 5.74) is 0. The number of hydrogen-bond donors (Lipinski definition) is 0. The van der Waals surface area contributed by atoms with Gasteiger partial charge in [-0.05, 0) is 30.0 Å². The van der Waals surface area contributed by atoms with Crippen LogP contribution in [-0.2, 0) is 21.2 Å². The molecule has 0 saturated carbocycles. The second-order valence-electron chi connectivity index (χ2n) is 6.02. The minimum absolute atomic E-state index is 0.0372. The highest BCUT2D eigenvalue weighted by atomic mass is 32.2. The van der Waals surface area contributed by atoms with Crippen molar-refractivity contribution in [2.75, 3.05) is 17.3 Å². The van der Waals surface area contributed by atoms with Crippen LogP contribution in [0.4, 0.5) is 8.78 Å². The number of carbonyl (C=O) groups excluding carboxylic acids is 1. The third kappa shape index (κ3) is 4.83. The van der Waals surface area contributed by atoms with E-state index in [1.165, 1.54) is 17.4 Å². The van der Waals surface area contributed by atoms with Gasteiger partial charge in [-0.1, -0.05) is 6.07 Å². The minimum atomic E-state index is -3.13. The Morgan fingerprint density at radius 3 is 2.73 bits per heavy atom. The Kier molecular flexibility index (Phi) is 5.99. The molecule has 2 aromatic rings. The quantitative estimate of drug-likeness (QED) is 0.677. The van der Waals surface area contributed by atoms with Crippen molar-refractivity contribution in [3.8, 4) is 0 Å². The molecule has 2 heterocycles. The van der Waals surface area contributed by atoms with E-state index in [-0.39, 0.29) is 34.1 Å². The van der Waals surface area contributed by atoms with Gasteiger partial charge in [0.15, 0.2) is 9.84 Å². The van der Waals surface area contributed by atoms with Gasteiger partial charge in [0.05, 0.1) is 23.8 Å². The molecule has 1 aromatic carbocycles. The average Bonchev–Trinajstić information content (AvgIpc) is 3.20. The lowest BCUT2D eigenvalue weighted by atomic mass is 10.2. The van der Waals surface area contributed by atoms with E-state index in [1.807, 2.05) is 17.5 Å². The number of rotatable bonds is 6. The van der Waals surface area contributed by atoms with Gasteiger partial charge in [0.2, 0.25) is 5.91 Å². The third-order valence-corrected chi connectivity index (χ3v) is 7.77. The van der Waals surface area contributed by atoms with E-state index >= 15 is 0 Å². The van der Waals surface area contributed by atoms with Gasteiger partial charge >= 0.3 is 0 Å². The van der Waals surface area contributed by atoms with Gasteiger partial charge in [0.25, 0.3) is 0 Å². The molecule has 4 nitrogen and oxygen atoms in total. The molecule has 1 unspecified atom stereocenters. The van der Waals surface area contributed by atoms with E-state index in [0.29, 0.717) is 13.0 Å². The Balaban J connectivity index is 1.71. The number of thiophene rings is 1. The molecule has 1 aromatic heterocycles. The zero-order valence-electron chi connectivity index (χ0n) is 13.7. The highest BCUT2D eigenvalue weighted by molar-refractivity contribution is 8.00. The number of thioether (sulfide) groups is 1. The van der Waals surface area contributed by atoms with E-state index in [1.54, 1.807) is 4.90 Å². The van der Waals surface area contributed by atoms with E-state index in [0.717, 1.165) is 28.8 Å². The van der Waals surface area contributed by atoms with Crippen LogP contribution in [-0.4, -0.2) is 42.5 Å². The smallest absolute Gasteiger partial charge is 0.233 e. The van der Waals surface area contributed by atoms with Crippen molar-refractivity contribution in [2.24, 2.45) is 0 Å². The molecule has 0 spiro atoms. The molecule has 1 aliphatic rings. The maximum Gasteiger partial charge on any atom is 0.233 e. The fourth-order valence-electron chi connectivity index (χ4n) is 2.83. The van der Waals surface area contributed by atoms with Gasteiger partial charge in [-0.25, -0.2) is 17.2 Å². The Morgan fingerprint density at radius 1 is 1.31 bits per heavy atom. The van der Waals surface area contributed by atoms with Crippen LogP contribution in [0.25, 0.3) is 0 Å². The number of amides is 1. The first-order chi connectivity index (χ1) is 12.3. The van der Waals surface area contributed by atoms with Gasteiger partial charge in [0, 0.05) is 21.9 Å². The number of sulfone groups is 1. The van der Waals surface area contributed by atoms with Crippen LogP contribution in [0.1, 0.15) is 11.3 Å². The molecule has 1 fully saturated rings. The van der Waals surface area contributed by atoms with E-state index in [9.17, 15) is 22.0 Å². The first-order valence-electron chi connectivity index (χ1n) is 7.94. The molecule has 1 atom stereocenters. The monoisotopic (exact) mass is 417 g/mol. The highest BCUT2D eigenvalue weighted by Crippen LogP contribution is 2.26. The first-order valence-corrected chi connectivity index (χ1v) is 11.6. The minimum Gasteiger partial charge on any atom is -0.333 e. The zero-order valence-corrected chi connectivity index (χ0v) is 16.2. The standard InChI is InChI=1S/C17H17F2NO3S3/c18-12-3-4-16(15(19)8-12)25-10-17(21)20(9-14-2-1-6-24-14)13-5-7-26(22,23)11-13/h1-4,6,8,13H,5,7,9-11H2. The van der Waals surface area contributed by atoms with Gasteiger partial charge in [-0.3, -0.25) is 4.79 Å². The fourth-order valence-corrected chi connectivity index (χ4v) is 6.07. The van der Waals surface area contributed by atoms with Crippen molar-refractivity contribution >= 4 is 38.8 Å². The maximum absolute atomic E-state index is 13.7. The van der Waals surface area contributed by atoms with Crippen molar-refractivity contribution in [3.05, 3.63) is 52.2 Å². The largest absolute Gasteiger partial charge is 0.333 e. The van der Waals surface area contributed by atoms with Gasteiger partial charge < -0.3 is 4.90 Å². The Bertz CT molecular complexity index is 885. The molecule has 0 radical (unpaired) electrons. The zero-order chi connectivity index (χ0) is 18.7. The van der Waals surface area contributed by atoms with Crippen molar-refractivity contribution in [1.29, 1.82) is 0 Å². The number of carbonyl (C=O) groups is 1. The number of benzene rings is 1. The highest BCUT2D eigenvalue weighted by Gasteiger charge is 2.34. The Hall–Kier alpha value is -1.45. The molecular formula is C17H17F2NO3S3. The van der Waals surface area contributed by atoms with Crippen molar-refractivity contribution in [2.45, 2.75) is 23.9 Å². The van der Waals surface area contributed by atoms with Crippen LogP contribution in [0.2, 0.25) is 0 Å². The fraction of sp³-hybridized carbons (Fsp3) is 0.353. The molecule has 1 aliphatic heterocycles. The van der Waals surface area contributed by atoms with Crippen LogP contribution >= 0.6 is 23.1 Å². The van der Waals surface area contributed by atoms with Crippen molar-refractivity contribution < 1.29 is 22.0 Å². The van der Waals surface area contributed by atoms with Gasteiger partial charge in [-0.15, -0.1) is 23.1 Å². The summed E-state index contributed by atoms with van der Waals surface area (Å²) in [7, 11) is -3.13. The molecule has 140 valence electrons. The summed E-state index contributed by atoms with van der Waals surface area (Å²) in [5, 5.41) is 1.89. The van der Waals surface area contributed by atoms with E-state index in [2.05, 4.69) is 0 Å². The summed E-state index contributed by atoms with van der Waals surface area (Å²) in [5.74, 6) is -1.64. The van der Waals surface area contributed by atoms with Crippen LogP contribution in [0.15, 0.2) is 40.6 Å². The lowest BCUT2D eigenvalue weighted by Gasteiger charge is -2.28. The number of hydrogen-bond acceptors (Lipinski definition) is 5. The Labute approximate surface area is 159 Å². The number of halogens is 2. The van der Waals surface area contributed by atoms with Gasteiger partial charge in [-0.2, -0.15) is 0 Å². The first kappa shape index (κ1) is 19.3. The SMILES string of the molecule is O=C(CSc1ccc(F)cc1F)N(Cc1cccs1)C1CCS(=O)(=O)C1.